The Morgan fingerprint density at radius 1 is 0.957 bits per heavy atom. The summed E-state index contributed by atoms with van der Waals surface area (Å²) in [6, 6.07) is 17.1. The standard InChI is InChI=1S/C18H18N2O2S/c21-17(12-23-16-7-2-1-3-8-16)19-14-5-4-6-15(11-14)20-18(22)13-9-10-13/h1-8,11,13H,9-10,12H2,(H,19,21)(H,20,22). The van der Waals surface area contributed by atoms with Crippen LogP contribution in [0.2, 0.25) is 0 Å². The van der Waals surface area contributed by atoms with Gasteiger partial charge in [-0.05, 0) is 43.2 Å². The highest BCUT2D eigenvalue weighted by Gasteiger charge is 2.29. The lowest BCUT2D eigenvalue weighted by atomic mass is 10.2. The molecule has 1 aliphatic rings. The van der Waals surface area contributed by atoms with Crippen LogP contribution < -0.4 is 10.6 Å². The molecule has 5 heteroatoms. The van der Waals surface area contributed by atoms with Gasteiger partial charge in [-0.15, -0.1) is 11.8 Å². The average molecular weight is 326 g/mol. The number of hydrogen-bond acceptors (Lipinski definition) is 3. The molecule has 0 saturated heterocycles. The quantitative estimate of drug-likeness (QED) is 0.795. The van der Waals surface area contributed by atoms with Crippen molar-refractivity contribution >= 4 is 35.0 Å². The van der Waals surface area contributed by atoms with Crippen molar-refractivity contribution in [2.75, 3.05) is 16.4 Å². The van der Waals surface area contributed by atoms with Gasteiger partial charge in [0.25, 0.3) is 0 Å². The number of benzene rings is 2. The third-order valence-electron chi connectivity index (χ3n) is 3.48. The van der Waals surface area contributed by atoms with Crippen LogP contribution in [0.3, 0.4) is 0 Å². The van der Waals surface area contributed by atoms with E-state index in [1.807, 2.05) is 48.5 Å². The predicted octanol–water partition coefficient (Wildman–Crippen LogP) is 3.77. The molecule has 1 fully saturated rings. The van der Waals surface area contributed by atoms with E-state index in [4.69, 9.17) is 0 Å². The summed E-state index contributed by atoms with van der Waals surface area (Å²) >= 11 is 1.49. The second-order valence-corrected chi connectivity index (χ2v) is 6.54. The zero-order valence-corrected chi connectivity index (χ0v) is 13.4. The van der Waals surface area contributed by atoms with E-state index >= 15 is 0 Å². The molecule has 0 unspecified atom stereocenters. The van der Waals surface area contributed by atoms with Gasteiger partial charge in [0.1, 0.15) is 0 Å². The minimum atomic E-state index is -0.0653. The van der Waals surface area contributed by atoms with Crippen LogP contribution in [0.15, 0.2) is 59.5 Å². The predicted molar refractivity (Wildman–Crippen MR) is 93.6 cm³/mol. The molecule has 118 valence electrons. The molecule has 0 aliphatic heterocycles. The molecular formula is C18H18N2O2S. The minimum absolute atomic E-state index is 0.0631. The molecule has 0 radical (unpaired) electrons. The van der Waals surface area contributed by atoms with E-state index in [2.05, 4.69) is 10.6 Å². The molecule has 4 nitrogen and oxygen atoms in total. The van der Waals surface area contributed by atoms with Gasteiger partial charge < -0.3 is 10.6 Å². The first kappa shape index (κ1) is 15.6. The van der Waals surface area contributed by atoms with Crippen LogP contribution in [0.1, 0.15) is 12.8 Å². The number of thioether (sulfide) groups is 1. The van der Waals surface area contributed by atoms with Crippen molar-refractivity contribution in [2.24, 2.45) is 5.92 Å². The molecule has 0 spiro atoms. The number of carbonyl (C=O) groups is 2. The summed E-state index contributed by atoms with van der Waals surface area (Å²) in [6.07, 6.45) is 1.94. The number of carbonyl (C=O) groups excluding carboxylic acids is 2. The van der Waals surface area contributed by atoms with Crippen LogP contribution in [0, 0.1) is 5.92 Å². The van der Waals surface area contributed by atoms with Crippen LogP contribution in [-0.2, 0) is 9.59 Å². The molecule has 1 aliphatic carbocycles. The molecule has 2 aromatic rings. The van der Waals surface area contributed by atoms with Crippen LogP contribution in [0.5, 0.6) is 0 Å². The fourth-order valence-corrected chi connectivity index (χ4v) is 2.85. The summed E-state index contributed by atoms with van der Waals surface area (Å²) in [7, 11) is 0. The molecule has 23 heavy (non-hydrogen) atoms. The minimum Gasteiger partial charge on any atom is -0.326 e. The van der Waals surface area contributed by atoms with Gasteiger partial charge in [0, 0.05) is 22.2 Å². The normalized spacial score (nSPS) is 13.4. The molecule has 0 atom stereocenters. The fraction of sp³-hybridized carbons (Fsp3) is 0.222. The number of amides is 2. The van der Waals surface area contributed by atoms with Crippen LogP contribution >= 0.6 is 11.8 Å². The molecule has 3 rings (SSSR count). The largest absolute Gasteiger partial charge is 0.326 e. The smallest absolute Gasteiger partial charge is 0.234 e. The van der Waals surface area contributed by atoms with Crippen molar-refractivity contribution in [1.29, 1.82) is 0 Å². The van der Waals surface area contributed by atoms with Gasteiger partial charge >= 0.3 is 0 Å². The number of rotatable bonds is 6. The zero-order valence-electron chi connectivity index (χ0n) is 12.6. The molecule has 0 bridgehead atoms. The van der Waals surface area contributed by atoms with Gasteiger partial charge in [0.15, 0.2) is 0 Å². The van der Waals surface area contributed by atoms with Crippen molar-refractivity contribution < 1.29 is 9.59 Å². The van der Waals surface area contributed by atoms with Gasteiger partial charge in [-0.1, -0.05) is 24.3 Å². The maximum absolute atomic E-state index is 12.0. The Hall–Kier alpha value is -2.27. The highest BCUT2D eigenvalue weighted by Crippen LogP contribution is 2.30. The topological polar surface area (TPSA) is 58.2 Å². The lowest BCUT2D eigenvalue weighted by Gasteiger charge is -2.08. The average Bonchev–Trinajstić information content (AvgIpc) is 3.39. The van der Waals surface area contributed by atoms with Gasteiger partial charge in [0.05, 0.1) is 5.75 Å². The number of hydrogen-bond donors (Lipinski definition) is 2. The van der Waals surface area contributed by atoms with Crippen LogP contribution in [0.4, 0.5) is 11.4 Å². The van der Waals surface area contributed by atoms with Gasteiger partial charge in [-0.25, -0.2) is 0 Å². The Morgan fingerprint density at radius 3 is 2.35 bits per heavy atom. The summed E-state index contributed by atoms with van der Waals surface area (Å²) in [6.45, 7) is 0. The summed E-state index contributed by atoms with van der Waals surface area (Å²) in [5.41, 5.74) is 1.41. The Balaban J connectivity index is 1.52. The second kappa shape index (κ2) is 7.33. The van der Waals surface area contributed by atoms with E-state index in [9.17, 15) is 9.59 Å². The van der Waals surface area contributed by atoms with E-state index in [0.717, 1.165) is 23.4 Å². The van der Waals surface area contributed by atoms with Crippen molar-refractivity contribution in [3.63, 3.8) is 0 Å². The third kappa shape index (κ3) is 4.86. The summed E-state index contributed by atoms with van der Waals surface area (Å²) in [5, 5.41) is 5.74. The number of anilines is 2. The second-order valence-electron chi connectivity index (χ2n) is 5.49. The first-order valence-corrected chi connectivity index (χ1v) is 8.58. The highest BCUT2D eigenvalue weighted by molar-refractivity contribution is 8.00. The van der Waals surface area contributed by atoms with Crippen molar-refractivity contribution in [2.45, 2.75) is 17.7 Å². The monoisotopic (exact) mass is 326 g/mol. The Bertz CT molecular complexity index is 699. The maximum atomic E-state index is 12.0. The molecule has 2 amide bonds. The van der Waals surface area contributed by atoms with E-state index in [1.54, 1.807) is 6.07 Å². The molecule has 2 N–H and O–H groups in total. The zero-order chi connectivity index (χ0) is 16.1. The third-order valence-corrected chi connectivity index (χ3v) is 4.49. The van der Waals surface area contributed by atoms with E-state index in [-0.39, 0.29) is 17.7 Å². The lowest BCUT2D eigenvalue weighted by Crippen LogP contribution is -2.15. The molecular weight excluding hydrogens is 308 g/mol. The maximum Gasteiger partial charge on any atom is 0.234 e. The van der Waals surface area contributed by atoms with Crippen molar-refractivity contribution in [3.05, 3.63) is 54.6 Å². The van der Waals surface area contributed by atoms with Crippen molar-refractivity contribution in [1.82, 2.24) is 0 Å². The van der Waals surface area contributed by atoms with Crippen LogP contribution in [0.25, 0.3) is 0 Å². The number of nitrogens with one attached hydrogen (secondary N) is 2. The summed E-state index contributed by atoms with van der Waals surface area (Å²) in [4.78, 5) is 24.8. The van der Waals surface area contributed by atoms with Gasteiger partial charge in [0.2, 0.25) is 11.8 Å². The van der Waals surface area contributed by atoms with Gasteiger partial charge in [-0.3, -0.25) is 9.59 Å². The summed E-state index contributed by atoms with van der Waals surface area (Å²) in [5.74, 6) is 0.510. The fourth-order valence-electron chi connectivity index (χ4n) is 2.13. The van der Waals surface area contributed by atoms with Gasteiger partial charge in [-0.2, -0.15) is 0 Å². The highest BCUT2D eigenvalue weighted by atomic mass is 32.2. The Morgan fingerprint density at radius 2 is 1.65 bits per heavy atom. The summed E-state index contributed by atoms with van der Waals surface area (Å²) < 4.78 is 0. The van der Waals surface area contributed by atoms with E-state index in [0.29, 0.717) is 11.4 Å². The molecule has 0 aromatic heterocycles. The molecule has 1 saturated carbocycles. The Kier molecular flexibility index (Phi) is 4.98. The van der Waals surface area contributed by atoms with Crippen molar-refractivity contribution in [3.8, 4) is 0 Å². The first-order valence-electron chi connectivity index (χ1n) is 7.59. The van der Waals surface area contributed by atoms with E-state index < -0.39 is 0 Å². The first-order chi connectivity index (χ1) is 11.2. The Labute approximate surface area is 139 Å². The SMILES string of the molecule is O=C(CSc1ccccc1)Nc1cccc(NC(=O)C2CC2)c1. The molecule has 0 heterocycles. The van der Waals surface area contributed by atoms with Crippen LogP contribution in [-0.4, -0.2) is 17.6 Å². The lowest BCUT2D eigenvalue weighted by molar-refractivity contribution is -0.117. The van der Waals surface area contributed by atoms with E-state index in [1.165, 1.54) is 11.8 Å². The molecule has 2 aromatic carbocycles.